The third kappa shape index (κ3) is 6.01. The third-order valence-electron chi connectivity index (χ3n) is 4.37. The maximum Gasteiger partial charge on any atom is 0.410 e. The quantitative estimate of drug-likeness (QED) is 0.520. The molecule has 2 N–H and O–H groups in total. The lowest BCUT2D eigenvalue weighted by molar-refractivity contribution is 0.00700. The van der Waals surface area contributed by atoms with Crippen molar-refractivity contribution in [1.82, 2.24) is 19.8 Å². The Balaban J connectivity index is 1.69. The van der Waals surface area contributed by atoms with E-state index in [1.807, 2.05) is 20.8 Å². The van der Waals surface area contributed by atoms with Gasteiger partial charge in [-0.25, -0.2) is 17.5 Å². The molecule has 1 atom stereocenters. The molecular formula is C16H31N5O4S. The molecule has 10 heteroatoms. The van der Waals surface area contributed by atoms with Crippen LogP contribution in [0.1, 0.15) is 27.2 Å². The van der Waals surface area contributed by atoms with Crippen molar-refractivity contribution in [3.8, 4) is 0 Å². The topological polar surface area (TPSA) is 103 Å². The maximum absolute atomic E-state index is 11.9. The van der Waals surface area contributed by atoms with Crippen LogP contribution in [0.25, 0.3) is 0 Å². The fourth-order valence-electron chi connectivity index (χ4n) is 2.94. The zero-order chi connectivity index (χ0) is 19.5. The Morgan fingerprint density at radius 3 is 2.42 bits per heavy atom. The molecule has 2 saturated heterocycles. The molecule has 1 amide bonds. The number of hydrogen-bond acceptors (Lipinski definition) is 5. The van der Waals surface area contributed by atoms with Gasteiger partial charge in [0.25, 0.3) is 0 Å². The standard InChI is InChI=1S/C16H31N5O4S/c1-16(2,3)25-15(22)20-10-13(11-20)19-14(17-4)18-8-12-6-7-21(9-12)26(5,23)24/h12-13H,6-11H2,1-5H3,(H2,17,18,19). The molecule has 0 saturated carbocycles. The molecule has 0 radical (unpaired) electrons. The van der Waals surface area contributed by atoms with Gasteiger partial charge in [0.15, 0.2) is 5.96 Å². The molecule has 0 aromatic rings. The maximum atomic E-state index is 11.9. The Bertz CT molecular complexity index is 638. The van der Waals surface area contributed by atoms with Crippen LogP contribution >= 0.6 is 0 Å². The molecule has 2 rings (SSSR count). The summed E-state index contributed by atoms with van der Waals surface area (Å²) in [5.41, 5.74) is -0.492. The van der Waals surface area contributed by atoms with E-state index < -0.39 is 15.6 Å². The molecule has 0 spiro atoms. The second-order valence-corrected chi connectivity index (χ2v) is 9.94. The van der Waals surface area contributed by atoms with Gasteiger partial charge >= 0.3 is 6.09 Å². The van der Waals surface area contributed by atoms with Crippen molar-refractivity contribution >= 4 is 22.1 Å². The van der Waals surface area contributed by atoms with Crippen molar-refractivity contribution in [3.63, 3.8) is 0 Å². The van der Waals surface area contributed by atoms with Gasteiger partial charge in [0, 0.05) is 39.8 Å². The zero-order valence-electron chi connectivity index (χ0n) is 16.3. The summed E-state index contributed by atoms with van der Waals surface area (Å²) in [5, 5.41) is 6.52. The van der Waals surface area contributed by atoms with Crippen molar-refractivity contribution in [3.05, 3.63) is 0 Å². The van der Waals surface area contributed by atoms with Crippen molar-refractivity contribution in [2.75, 3.05) is 46.0 Å². The summed E-state index contributed by atoms with van der Waals surface area (Å²) in [7, 11) is -1.42. The molecule has 26 heavy (non-hydrogen) atoms. The molecule has 2 aliphatic rings. The Hall–Kier alpha value is -1.55. The zero-order valence-corrected chi connectivity index (χ0v) is 17.1. The van der Waals surface area contributed by atoms with Crippen molar-refractivity contribution in [2.45, 2.75) is 38.8 Å². The van der Waals surface area contributed by atoms with Gasteiger partial charge in [0.2, 0.25) is 10.0 Å². The average molecular weight is 390 g/mol. The second-order valence-electron chi connectivity index (χ2n) is 7.96. The van der Waals surface area contributed by atoms with Crippen LogP contribution in [0.5, 0.6) is 0 Å². The van der Waals surface area contributed by atoms with Crippen LogP contribution in [0.4, 0.5) is 4.79 Å². The highest BCUT2D eigenvalue weighted by Crippen LogP contribution is 2.18. The minimum atomic E-state index is -3.11. The highest BCUT2D eigenvalue weighted by atomic mass is 32.2. The number of carbonyl (C=O) groups excluding carboxylic acids is 1. The van der Waals surface area contributed by atoms with E-state index >= 15 is 0 Å². The van der Waals surface area contributed by atoms with E-state index in [0.717, 1.165) is 6.42 Å². The number of nitrogens with zero attached hydrogens (tertiary/aromatic N) is 3. The van der Waals surface area contributed by atoms with E-state index in [2.05, 4.69) is 15.6 Å². The van der Waals surface area contributed by atoms with Gasteiger partial charge in [0.05, 0.1) is 12.3 Å². The Labute approximate surface area is 156 Å². The molecule has 1 unspecified atom stereocenters. The van der Waals surface area contributed by atoms with Crippen molar-refractivity contribution in [2.24, 2.45) is 10.9 Å². The van der Waals surface area contributed by atoms with Gasteiger partial charge in [-0.2, -0.15) is 0 Å². The first kappa shape index (κ1) is 20.8. The number of ether oxygens (including phenoxy) is 1. The van der Waals surface area contributed by atoms with E-state index in [-0.39, 0.29) is 18.1 Å². The smallest absolute Gasteiger partial charge is 0.410 e. The molecule has 2 heterocycles. The van der Waals surface area contributed by atoms with Gasteiger partial charge < -0.3 is 20.3 Å². The number of carbonyl (C=O) groups is 1. The molecule has 0 aliphatic carbocycles. The predicted octanol–water partition coefficient (Wildman–Crippen LogP) is 0.0522. The van der Waals surface area contributed by atoms with Crippen LogP contribution in [0.3, 0.4) is 0 Å². The number of guanidine groups is 1. The van der Waals surface area contributed by atoms with Crippen molar-refractivity contribution in [1.29, 1.82) is 0 Å². The predicted molar refractivity (Wildman–Crippen MR) is 101 cm³/mol. The summed E-state index contributed by atoms with van der Waals surface area (Å²) in [6.07, 6.45) is 1.79. The highest BCUT2D eigenvalue weighted by Gasteiger charge is 2.34. The molecule has 0 bridgehead atoms. The van der Waals surface area contributed by atoms with Gasteiger partial charge in [0.1, 0.15) is 5.60 Å². The Morgan fingerprint density at radius 1 is 1.27 bits per heavy atom. The molecule has 150 valence electrons. The summed E-state index contributed by atoms with van der Waals surface area (Å²) in [6, 6.07) is 0.129. The van der Waals surface area contributed by atoms with E-state index in [4.69, 9.17) is 4.74 Å². The van der Waals surface area contributed by atoms with Gasteiger partial charge in [-0.1, -0.05) is 0 Å². The van der Waals surface area contributed by atoms with Crippen LogP contribution in [-0.4, -0.2) is 87.3 Å². The minimum Gasteiger partial charge on any atom is -0.444 e. The fourth-order valence-corrected chi connectivity index (χ4v) is 3.86. The van der Waals surface area contributed by atoms with E-state index in [1.54, 1.807) is 11.9 Å². The summed E-state index contributed by atoms with van der Waals surface area (Å²) in [4.78, 5) is 17.8. The number of nitrogens with one attached hydrogen (secondary N) is 2. The molecule has 0 aromatic heterocycles. The van der Waals surface area contributed by atoms with Gasteiger partial charge in [-0.3, -0.25) is 4.99 Å². The lowest BCUT2D eigenvalue weighted by atomic mass is 10.1. The van der Waals surface area contributed by atoms with Crippen LogP contribution in [-0.2, 0) is 14.8 Å². The Kier molecular flexibility index (Phi) is 6.38. The first-order chi connectivity index (χ1) is 12.0. The van der Waals surface area contributed by atoms with Gasteiger partial charge in [-0.05, 0) is 33.1 Å². The number of likely N-dealkylation sites (tertiary alicyclic amines) is 1. The molecular weight excluding hydrogens is 358 g/mol. The summed E-state index contributed by atoms with van der Waals surface area (Å²) >= 11 is 0. The lowest BCUT2D eigenvalue weighted by Gasteiger charge is -2.40. The monoisotopic (exact) mass is 389 g/mol. The van der Waals surface area contributed by atoms with E-state index in [9.17, 15) is 13.2 Å². The van der Waals surface area contributed by atoms with Crippen LogP contribution in [0, 0.1) is 5.92 Å². The first-order valence-corrected chi connectivity index (χ1v) is 10.7. The average Bonchev–Trinajstić information content (AvgIpc) is 2.92. The van der Waals surface area contributed by atoms with Crippen LogP contribution < -0.4 is 10.6 Å². The number of amides is 1. The minimum absolute atomic E-state index is 0.129. The number of sulfonamides is 1. The van der Waals surface area contributed by atoms with Crippen molar-refractivity contribution < 1.29 is 17.9 Å². The first-order valence-electron chi connectivity index (χ1n) is 8.88. The Morgan fingerprint density at radius 2 is 1.92 bits per heavy atom. The second kappa shape index (κ2) is 7.99. The molecule has 2 fully saturated rings. The summed E-state index contributed by atoms with van der Waals surface area (Å²) in [5.74, 6) is 0.930. The molecule has 0 aromatic carbocycles. The normalized spacial score (nSPS) is 22.9. The largest absolute Gasteiger partial charge is 0.444 e. The summed E-state index contributed by atoms with van der Waals surface area (Å²) < 4.78 is 30.0. The SMILES string of the molecule is CN=C(NCC1CCN(S(C)(=O)=O)C1)NC1CN(C(=O)OC(C)(C)C)C1. The van der Waals surface area contributed by atoms with Gasteiger partial charge in [-0.15, -0.1) is 0 Å². The third-order valence-corrected chi connectivity index (χ3v) is 5.64. The number of hydrogen-bond donors (Lipinski definition) is 2. The van der Waals surface area contributed by atoms with E-state index in [1.165, 1.54) is 10.6 Å². The van der Waals surface area contributed by atoms with E-state index in [0.29, 0.717) is 38.7 Å². The highest BCUT2D eigenvalue weighted by molar-refractivity contribution is 7.88. The van der Waals surface area contributed by atoms with Crippen LogP contribution in [0.15, 0.2) is 4.99 Å². The molecule has 2 aliphatic heterocycles. The number of rotatable bonds is 4. The lowest BCUT2D eigenvalue weighted by Crippen LogP contribution is -2.63. The number of aliphatic imine (C=N–C) groups is 1. The van der Waals surface area contributed by atoms with Crippen LogP contribution in [0.2, 0.25) is 0 Å². The summed E-state index contributed by atoms with van der Waals surface area (Å²) in [6.45, 7) is 8.46. The molecule has 9 nitrogen and oxygen atoms in total. The fraction of sp³-hybridized carbons (Fsp3) is 0.875.